The molecule has 0 bridgehead atoms. The lowest BCUT2D eigenvalue weighted by atomic mass is 10.3. The molecule has 6 nitrogen and oxygen atoms in total. The predicted molar refractivity (Wildman–Crippen MR) is 63.4 cm³/mol. The van der Waals surface area contributed by atoms with Crippen molar-refractivity contribution in [3.8, 4) is 0 Å². The quantitative estimate of drug-likeness (QED) is 0.570. The molecule has 0 saturated heterocycles. The SMILES string of the molecule is CCOC(=O)CCCNc1scnc1C(=O)O. The van der Waals surface area contributed by atoms with Crippen LogP contribution in [0.25, 0.3) is 0 Å². The van der Waals surface area contributed by atoms with Crippen LogP contribution in [0.5, 0.6) is 0 Å². The third-order valence-corrected chi connectivity index (χ3v) is 2.70. The number of hydrogen-bond acceptors (Lipinski definition) is 6. The van der Waals surface area contributed by atoms with Gasteiger partial charge in [0.25, 0.3) is 0 Å². The average Bonchev–Trinajstić information content (AvgIpc) is 2.73. The number of nitrogens with one attached hydrogen (secondary N) is 1. The lowest BCUT2D eigenvalue weighted by Crippen LogP contribution is -2.09. The topological polar surface area (TPSA) is 88.5 Å². The normalized spacial score (nSPS) is 9.94. The third kappa shape index (κ3) is 4.39. The number of esters is 1. The number of hydrogen-bond donors (Lipinski definition) is 2. The van der Waals surface area contributed by atoms with E-state index in [0.717, 1.165) is 0 Å². The van der Waals surface area contributed by atoms with Crippen molar-refractivity contribution in [3.05, 3.63) is 11.2 Å². The summed E-state index contributed by atoms with van der Waals surface area (Å²) in [7, 11) is 0. The number of carboxylic acid groups (broad SMARTS) is 1. The number of anilines is 1. The molecule has 7 heteroatoms. The second kappa shape index (κ2) is 6.85. The number of ether oxygens (including phenoxy) is 1. The van der Waals surface area contributed by atoms with Crippen LogP contribution in [0.4, 0.5) is 5.00 Å². The van der Waals surface area contributed by atoms with Crippen molar-refractivity contribution in [3.63, 3.8) is 0 Å². The number of rotatable bonds is 7. The second-order valence-electron chi connectivity index (χ2n) is 3.17. The van der Waals surface area contributed by atoms with Gasteiger partial charge in [-0.3, -0.25) is 4.79 Å². The number of thiazole rings is 1. The van der Waals surface area contributed by atoms with Crippen molar-refractivity contribution in [2.24, 2.45) is 0 Å². The van der Waals surface area contributed by atoms with Crippen LogP contribution < -0.4 is 5.32 Å². The fourth-order valence-corrected chi connectivity index (χ4v) is 1.89. The van der Waals surface area contributed by atoms with Gasteiger partial charge in [-0.1, -0.05) is 0 Å². The molecule has 1 heterocycles. The summed E-state index contributed by atoms with van der Waals surface area (Å²) in [5.41, 5.74) is 1.49. The molecule has 17 heavy (non-hydrogen) atoms. The zero-order valence-electron chi connectivity index (χ0n) is 9.43. The highest BCUT2D eigenvalue weighted by Crippen LogP contribution is 2.19. The molecule has 0 saturated carbocycles. The van der Waals surface area contributed by atoms with E-state index in [9.17, 15) is 9.59 Å². The summed E-state index contributed by atoms with van der Waals surface area (Å²) in [4.78, 5) is 25.5. The standard InChI is InChI=1S/C10H14N2O4S/c1-2-16-7(13)4-3-5-11-9-8(10(14)15)12-6-17-9/h6,11H,2-5H2,1H3,(H,14,15). The molecule has 0 aliphatic rings. The first-order chi connectivity index (χ1) is 8.15. The van der Waals surface area contributed by atoms with Crippen molar-refractivity contribution in [1.29, 1.82) is 0 Å². The molecule has 0 fully saturated rings. The first-order valence-corrected chi connectivity index (χ1v) is 6.09. The minimum atomic E-state index is -1.06. The molecular formula is C10H14N2O4S. The summed E-state index contributed by atoms with van der Waals surface area (Å²) in [6.07, 6.45) is 0.915. The van der Waals surface area contributed by atoms with Crippen LogP contribution in [0.2, 0.25) is 0 Å². The minimum Gasteiger partial charge on any atom is -0.476 e. The van der Waals surface area contributed by atoms with E-state index in [1.54, 1.807) is 6.92 Å². The number of carbonyl (C=O) groups is 2. The van der Waals surface area contributed by atoms with Crippen molar-refractivity contribution in [2.45, 2.75) is 19.8 Å². The Kier molecular flexibility index (Phi) is 5.41. The van der Waals surface area contributed by atoms with Gasteiger partial charge < -0.3 is 15.2 Å². The maximum absolute atomic E-state index is 11.0. The van der Waals surface area contributed by atoms with E-state index in [-0.39, 0.29) is 11.7 Å². The molecule has 0 aliphatic heterocycles. The number of aromatic nitrogens is 1. The van der Waals surface area contributed by atoms with Crippen LogP contribution >= 0.6 is 11.3 Å². The molecule has 0 unspecified atom stereocenters. The smallest absolute Gasteiger partial charge is 0.357 e. The summed E-state index contributed by atoms with van der Waals surface area (Å²) in [5.74, 6) is -1.30. The van der Waals surface area contributed by atoms with Gasteiger partial charge in [0.1, 0.15) is 5.00 Å². The van der Waals surface area contributed by atoms with Crippen molar-refractivity contribution in [2.75, 3.05) is 18.5 Å². The van der Waals surface area contributed by atoms with Crippen LogP contribution in [0, 0.1) is 0 Å². The van der Waals surface area contributed by atoms with Crippen molar-refractivity contribution < 1.29 is 19.4 Å². The Morgan fingerprint density at radius 2 is 2.35 bits per heavy atom. The fourth-order valence-electron chi connectivity index (χ4n) is 1.19. The molecule has 0 aliphatic carbocycles. The van der Waals surface area contributed by atoms with Gasteiger partial charge in [-0.05, 0) is 13.3 Å². The van der Waals surface area contributed by atoms with Crippen molar-refractivity contribution >= 4 is 28.3 Å². The molecule has 0 amide bonds. The fraction of sp³-hybridized carbons (Fsp3) is 0.500. The number of carbonyl (C=O) groups excluding carboxylic acids is 1. The molecular weight excluding hydrogens is 244 g/mol. The van der Waals surface area contributed by atoms with Gasteiger partial charge in [0.2, 0.25) is 0 Å². The van der Waals surface area contributed by atoms with E-state index in [4.69, 9.17) is 9.84 Å². The number of aromatic carboxylic acids is 1. The molecule has 1 aromatic heterocycles. The monoisotopic (exact) mass is 258 g/mol. The Bertz CT molecular complexity index is 391. The maximum atomic E-state index is 11.0. The lowest BCUT2D eigenvalue weighted by Gasteiger charge is -2.04. The van der Waals surface area contributed by atoms with Crippen LogP contribution in [0.3, 0.4) is 0 Å². The molecule has 2 N–H and O–H groups in total. The predicted octanol–water partition coefficient (Wildman–Crippen LogP) is 1.60. The van der Waals surface area contributed by atoms with Gasteiger partial charge in [-0.25, -0.2) is 9.78 Å². The summed E-state index contributed by atoms with van der Waals surface area (Å²) >= 11 is 1.23. The highest BCUT2D eigenvalue weighted by Gasteiger charge is 2.12. The van der Waals surface area contributed by atoms with Crippen LogP contribution in [-0.4, -0.2) is 35.2 Å². The third-order valence-electron chi connectivity index (χ3n) is 1.92. The van der Waals surface area contributed by atoms with E-state index >= 15 is 0 Å². The number of carboxylic acids is 1. The zero-order valence-corrected chi connectivity index (χ0v) is 10.2. The maximum Gasteiger partial charge on any atom is 0.357 e. The first kappa shape index (κ1) is 13.4. The highest BCUT2D eigenvalue weighted by atomic mass is 32.1. The largest absolute Gasteiger partial charge is 0.476 e. The van der Waals surface area contributed by atoms with Gasteiger partial charge >= 0.3 is 11.9 Å². The number of nitrogens with zero attached hydrogens (tertiary/aromatic N) is 1. The molecule has 0 aromatic carbocycles. The van der Waals surface area contributed by atoms with Crippen LogP contribution in [-0.2, 0) is 9.53 Å². The van der Waals surface area contributed by atoms with Crippen LogP contribution in [0.15, 0.2) is 5.51 Å². The first-order valence-electron chi connectivity index (χ1n) is 5.21. The van der Waals surface area contributed by atoms with E-state index in [1.807, 2.05) is 0 Å². The Morgan fingerprint density at radius 1 is 1.59 bits per heavy atom. The second-order valence-corrected chi connectivity index (χ2v) is 4.03. The van der Waals surface area contributed by atoms with E-state index in [1.165, 1.54) is 16.8 Å². The summed E-state index contributed by atoms with van der Waals surface area (Å²) in [5, 5.41) is 12.3. The molecule has 94 valence electrons. The molecule has 1 rings (SSSR count). The van der Waals surface area contributed by atoms with Gasteiger partial charge in [0.05, 0.1) is 12.1 Å². The average molecular weight is 258 g/mol. The van der Waals surface area contributed by atoms with E-state index < -0.39 is 5.97 Å². The molecule has 1 aromatic rings. The van der Waals surface area contributed by atoms with Gasteiger partial charge in [-0.15, -0.1) is 11.3 Å². The summed E-state index contributed by atoms with van der Waals surface area (Å²) < 4.78 is 4.77. The van der Waals surface area contributed by atoms with Crippen LogP contribution in [0.1, 0.15) is 30.3 Å². The van der Waals surface area contributed by atoms with E-state index in [2.05, 4.69) is 10.3 Å². The van der Waals surface area contributed by atoms with Crippen molar-refractivity contribution in [1.82, 2.24) is 4.98 Å². The highest BCUT2D eigenvalue weighted by molar-refractivity contribution is 7.14. The Balaban J connectivity index is 2.29. The molecule has 0 atom stereocenters. The Hall–Kier alpha value is -1.63. The molecule has 0 radical (unpaired) electrons. The lowest BCUT2D eigenvalue weighted by molar-refractivity contribution is -0.143. The van der Waals surface area contributed by atoms with E-state index in [0.29, 0.717) is 31.0 Å². The molecule has 0 spiro atoms. The minimum absolute atomic E-state index is 0.0196. The Labute approximate surface area is 103 Å². The van der Waals surface area contributed by atoms with Gasteiger partial charge in [-0.2, -0.15) is 0 Å². The summed E-state index contributed by atoms with van der Waals surface area (Å²) in [6, 6.07) is 0. The van der Waals surface area contributed by atoms with Gasteiger partial charge in [0, 0.05) is 13.0 Å². The zero-order chi connectivity index (χ0) is 12.7. The van der Waals surface area contributed by atoms with Gasteiger partial charge in [0.15, 0.2) is 5.69 Å². The summed E-state index contributed by atoms with van der Waals surface area (Å²) in [6.45, 7) is 2.65. The Morgan fingerprint density at radius 3 is 3.00 bits per heavy atom.